The van der Waals surface area contributed by atoms with E-state index in [0.717, 1.165) is 37.2 Å². The molecule has 112 valence electrons. The topological polar surface area (TPSA) is 39.1 Å². The zero-order valence-electron chi connectivity index (χ0n) is 12.2. The number of aromatic nitrogens is 2. The van der Waals surface area contributed by atoms with Crippen molar-refractivity contribution in [1.29, 1.82) is 0 Å². The standard InChI is InChI=1S/C16H20FN3O/c1-12-4-5-13(7-16(12)17)8-18-14-9-19-20(10-14)11-15-3-2-6-21-15/h4-5,7,9-10,15,18H,2-3,6,8,11H2,1H3. The van der Waals surface area contributed by atoms with Crippen LogP contribution in [0.1, 0.15) is 24.0 Å². The van der Waals surface area contributed by atoms with Gasteiger partial charge >= 0.3 is 0 Å². The van der Waals surface area contributed by atoms with Crippen molar-refractivity contribution in [3.05, 3.63) is 47.5 Å². The van der Waals surface area contributed by atoms with Crippen LogP contribution in [-0.2, 0) is 17.8 Å². The molecule has 21 heavy (non-hydrogen) atoms. The average molecular weight is 289 g/mol. The number of halogens is 1. The summed E-state index contributed by atoms with van der Waals surface area (Å²) in [6, 6.07) is 5.30. The summed E-state index contributed by atoms with van der Waals surface area (Å²) in [5, 5.41) is 7.59. The number of benzene rings is 1. The molecule has 0 radical (unpaired) electrons. The Morgan fingerprint density at radius 2 is 2.38 bits per heavy atom. The van der Waals surface area contributed by atoms with E-state index < -0.39 is 0 Å². The highest BCUT2D eigenvalue weighted by Gasteiger charge is 2.16. The van der Waals surface area contributed by atoms with Gasteiger partial charge < -0.3 is 10.1 Å². The van der Waals surface area contributed by atoms with Crippen molar-refractivity contribution in [2.24, 2.45) is 0 Å². The zero-order chi connectivity index (χ0) is 14.7. The molecular formula is C16H20FN3O. The monoisotopic (exact) mass is 289 g/mol. The van der Waals surface area contributed by atoms with Crippen molar-refractivity contribution in [1.82, 2.24) is 9.78 Å². The Labute approximate surface area is 123 Å². The van der Waals surface area contributed by atoms with Gasteiger partial charge in [-0.3, -0.25) is 4.68 Å². The van der Waals surface area contributed by atoms with Crippen molar-refractivity contribution >= 4 is 5.69 Å². The molecule has 1 aromatic carbocycles. The summed E-state index contributed by atoms with van der Waals surface area (Å²) in [5.41, 5.74) is 2.53. The zero-order valence-corrected chi connectivity index (χ0v) is 12.2. The summed E-state index contributed by atoms with van der Waals surface area (Å²) in [7, 11) is 0. The molecule has 0 saturated carbocycles. The van der Waals surface area contributed by atoms with Gasteiger partial charge in [-0.05, 0) is 37.0 Å². The summed E-state index contributed by atoms with van der Waals surface area (Å²) in [6.45, 7) is 4.00. The third kappa shape index (κ3) is 3.61. The highest BCUT2D eigenvalue weighted by molar-refractivity contribution is 5.39. The lowest BCUT2D eigenvalue weighted by atomic mass is 10.1. The maximum absolute atomic E-state index is 13.5. The number of hydrogen-bond donors (Lipinski definition) is 1. The fourth-order valence-corrected chi connectivity index (χ4v) is 2.50. The molecule has 0 aliphatic carbocycles. The van der Waals surface area contributed by atoms with Crippen LogP contribution in [-0.4, -0.2) is 22.5 Å². The minimum absolute atomic E-state index is 0.164. The second kappa shape index (κ2) is 6.26. The Hall–Kier alpha value is -1.88. The number of nitrogens with one attached hydrogen (secondary N) is 1. The second-order valence-corrected chi connectivity index (χ2v) is 5.52. The van der Waals surface area contributed by atoms with E-state index in [0.29, 0.717) is 12.1 Å². The second-order valence-electron chi connectivity index (χ2n) is 5.52. The van der Waals surface area contributed by atoms with Crippen molar-refractivity contribution in [3.8, 4) is 0 Å². The third-order valence-corrected chi connectivity index (χ3v) is 3.78. The molecule has 1 fully saturated rings. The summed E-state index contributed by atoms with van der Waals surface area (Å²) < 4.78 is 21.0. The molecule has 0 amide bonds. The van der Waals surface area contributed by atoms with E-state index in [1.54, 1.807) is 25.3 Å². The molecule has 1 aliphatic rings. The summed E-state index contributed by atoms with van der Waals surface area (Å²) in [5.74, 6) is -0.164. The van der Waals surface area contributed by atoms with Crippen LogP contribution < -0.4 is 5.32 Å². The lowest BCUT2D eigenvalue weighted by Crippen LogP contribution is -2.15. The molecule has 1 atom stereocenters. The van der Waals surface area contributed by atoms with E-state index in [9.17, 15) is 4.39 Å². The number of hydrogen-bond acceptors (Lipinski definition) is 3. The van der Waals surface area contributed by atoms with Gasteiger partial charge in [0.25, 0.3) is 0 Å². The number of anilines is 1. The van der Waals surface area contributed by atoms with Crippen LogP contribution >= 0.6 is 0 Å². The molecule has 1 unspecified atom stereocenters. The number of ether oxygens (including phenoxy) is 1. The van der Waals surface area contributed by atoms with E-state index in [4.69, 9.17) is 4.74 Å². The smallest absolute Gasteiger partial charge is 0.126 e. The van der Waals surface area contributed by atoms with Crippen molar-refractivity contribution < 1.29 is 9.13 Å². The molecule has 4 nitrogen and oxygen atoms in total. The van der Waals surface area contributed by atoms with Gasteiger partial charge in [-0.25, -0.2) is 4.39 Å². The van der Waals surface area contributed by atoms with Crippen LogP contribution in [0, 0.1) is 12.7 Å². The molecule has 1 aliphatic heterocycles. The quantitative estimate of drug-likeness (QED) is 0.919. The first-order valence-corrected chi connectivity index (χ1v) is 7.33. The molecule has 2 heterocycles. The van der Waals surface area contributed by atoms with Gasteiger partial charge in [0.15, 0.2) is 0 Å². The van der Waals surface area contributed by atoms with Crippen LogP contribution in [0.2, 0.25) is 0 Å². The first-order valence-electron chi connectivity index (χ1n) is 7.33. The molecule has 1 aromatic heterocycles. The van der Waals surface area contributed by atoms with E-state index in [2.05, 4.69) is 10.4 Å². The van der Waals surface area contributed by atoms with Crippen LogP contribution in [0.25, 0.3) is 0 Å². The largest absolute Gasteiger partial charge is 0.378 e. The normalized spacial score (nSPS) is 18.1. The van der Waals surface area contributed by atoms with Gasteiger partial charge in [-0.1, -0.05) is 12.1 Å². The van der Waals surface area contributed by atoms with E-state index in [1.165, 1.54) is 0 Å². The Kier molecular flexibility index (Phi) is 4.20. The molecule has 5 heteroatoms. The number of aryl methyl sites for hydroxylation is 1. The lowest BCUT2D eigenvalue weighted by molar-refractivity contribution is 0.0940. The Morgan fingerprint density at radius 3 is 3.14 bits per heavy atom. The molecular weight excluding hydrogens is 269 g/mol. The van der Waals surface area contributed by atoms with Crippen LogP contribution in [0.3, 0.4) is 0 Å². The summed E-state index contributed by atoms with van der Waals surface area (Å²) >= 11 is 0. The lowest BCUT2D eigenvalue weighted by Gasteiger charge is -2.08. The molecule has 1 saturated heterocycles. The first-order chi connectivity index (χ1) is 10.2. The van der Waals surface area contributed by atoms with E-state index in [1.807, 2.05) is 16.9 Å². The van der Waals surface area contributed by atoms with Crippen molar-refractivity contribution in [2.75, 3.05) is 11.9 Å². The molecule has 3 rings (SSSR count). The average Bonchev–Trinajstić information content (AvgIpc) is 3.13. The van der Waals surface area contributed by atoms with Gasteiger partial charge in [0, 0.05) is 19.3 Å². The maximum atomic E-state index is 13.5. The Bertz CT molecular complexity index is 605. The molecule has 0 bridgehead atoms. The minimum atomic E-state index is -0.164. The van der Waals surface area contributed by atoms with Crippen molar-refractivity contribution in [2.45, 2.75) is 39.0 Å². The SMILES string of the molecule is Cc1ccc(CNc2cnn(CC3CCCO3)c2)cc1F. The minimum Gasteiger partial charge on any atom is -0.378 e. The number of nitrogens with zero attached hydrogens (tertiary/aromatic N) is 2. The van der Waals surface area contributed by atoms with Gasteiger partial charge in [0.05, 0.1) is 24.5 Å². The predicted molar refractivity (Wildman–Crippen MR) is 79.7 cm³/mol. The predicted octanol–water partition coefficient (Wildman–Crippen LogP) is 3.12. The Balaban J connectivity index is 1.55. The fraction of sp³-hybridized carbons (Fsp3) is 0.438. The van der Waals surface area contributed by atoms with Gasteiger partial charge in [-0.2, -0.15) is 5.10 Å². The third-order valence-electron chi connectivity index (χ3n) is 3.78. The molecule has 0 spiro atoms. The summed E-state index contributed by atoms with van der Waals surface area (Å²) in [6.07, 6.45) is 6.27. The fourth-order valence-electron chi connectivity index (χ4n) is 2.50. The highest BCUT2D eigenvalue weighted by atomic mass is 19.1. The number of rotatable bonds is 5. The first kappa shape index (κ1) is 14.1. The molecule has 2 aromatic rings. The van der Waals surface area contributed by atoms with Gasteiger partial charge in [0.2, 0.25) is 0 Å². The van der Waals surface area contributed by atoms with E-state index in [-0.39, 0.29) is 11.9 Å². The van der Waals surface area contributed by atoms with Gasteiger partial charge in [-0.15, -0.1) is 0 Å². The Morgan fingerprint density at radius 1 is 1.48 bits per heavy atom. The highest BCUT2D eigenvalue weighted by Crippen LogP contribution is 2.16. The maximum Gasteiger partial charge on any atom is 0.126 e. The van der Waals surface area contributed by atoms with Crippen LogP contribution in [0.15, 0.2) is 30.6 Å². The van der Waals surface area contributed by atoms with E-state index >= 15 is 0 Å². The summed E-state index contributed by atoms with van der Waals surface area (Å²) in [4.78, 5) is 0. The molecule has 1 N–H and O–H groups in total. The van der Waals surface area contributed by atoms with Gasteiger partial charge in [0.1, 0.15) is 5.82 Å². The van der Waals surface area contributed by atoms with Crippen LogP contribution in [0.4, 0.5) is 10.1 Å². The van der Waals surface area contributed by atoms with Crippen molar-refractivity contribution in [3.63, 3.8) is 0 Å². The van der Waals surface area contributed by atoms with Crippen LogP contribution in [0.5, 0.6) is 0 Å².